The first-order valence-electron chi connectivity index (χ1n) is 6.05. The highest BCUT2D eigenvalue weighted by atomic mass is 19.1. The average molecular weight is 238 g/mol. The molecule has 1 aromatic rings. The van der Waals surface area contributed by atoms with E-state index in [2.05, 4.69) is 0 Å². The fraction of sp³-hybridized carbons (Fsp3) is 0.571. The van der Waals surface area contributed by atoms with Crippen LogP contribution in [0.15, 0.2) is 12.1 Å². The van der Waals surface area contributed by atoms with E-state index < -0.39 is 6.10 Å². The fourth-order valence-electron chi connectivity index (χ4n) is 2.49. The van der Waals surface area contributed by atoms with Crippen molar-refractivity contribution < 1.29 is 14.2 Å². The summed E-state index contributed by atoms with van der Waals surface area (Å²) in [5.41, 5.74) is 1.97. The molecule has 0 saturated carbocycles. The number of hydrogen-bond acceptors (Lipinski definition) is 2. The Morgan fingerprint density at radius 2 is 1.94 bits per heavy atom. The molecule has 1 aromatic carbocycles. The first-order chi connectivity index (χ1) is 7.99. The van der Waals surface area contributed by atoms with Crippen LogP contribution in [0.2, 0.25) is 0 Å². The van der Waals surface area contributed by atoms with Gasteiger partial charge in [0.1, 0.15) is 5.82 Å². The Balaban J connectivity index is 2.22. The first kappa shape index (κ1) is 12.5. The number of rotatable bonds is 2. The molecule has 2 nitrogen and oxygen atoms in total. The van der Waals surface area contributed by atoms with Crippen molar-refractivity contribution in [3.05, 3.63) is 34.6 Å². The molecule has 0 aromatic heterocycles. The van der Waals surface area contributed by atoms with Gasteiger partial charge in [-0.15, -0.1) is 0 Å². The van der Waals surface area contributed by atoms with E-state index in [1.165, 1.54) is 0 Å². The molecule has 17 heavy (non-hydrogen) atoms. The quantitative estimate of drug-likeness (QED) is 0.858. The van der Waals surface area contributed by atoms with E-state index in [0.717, 1.165) is 12.0 Å². The van der Waals surface area contributed by atoms with Crippen LogP contribution in [-0.4, -0.2) is 17.8 Å². The van der Waals surface area contributed by atoms with Gasteiger partial charge in [0, 0.05) is 5.92 Å². The Bertz CT molecular complexity index is 394. The van der Waals surface area contributed by atoms with Gasteiger partial charge >= 0.3 is 0 Å². The van der Waals surface area contributed by atoms with E-state index in [1.54, 1.807) is 26.0 Å². The molecule has 3 unspecified atom stereocenters. The summed E-state index contributed by atoms with van der Waals surface area (Å²) in [5, 5.41) is 10.3. The largest absolute Gasteiger partial charge is 0.388 e. The molecular formula is C14H19FO2. The van der Waals surface area contributed by atoms with Gasteiger partial charge in [0.25, 0.3) is 0 Å². The van der Waals surface area contributed by atoms with Crippen LogP contribution in [0.3, 0.4) is 0 Å². The maximum atomic E-state index is 13.5. The fourth-order valence-corrected chi connectivity index (χ4v) is 2.49. The van der Waals surface area contributed by atoms with E-state index in [1.807, 2.05) is 6.92 Å². The Kier molecular flexibility index (Phi) is 3.50. The highest BCUT2D eigenvalue weighted by Gasteiger charge is 2.29. The first-order valence-corrected chi connectivity index (χ1v) is 6.05. The minimum Gasteiger partial charge on any atom is -0.388 e. The molecule has 1 aliphatic rings. The smallest absolute Gasteiger partial charge is 0.129 e. The number of ether oxygens (including phenoxy) is 1. The van der Waals surface area contributed by atoms with Crippen LogP contribution in [0.5, 0.6) is 0 Å². The van der Waals surface area contributed by atoms with E-state index >= 15 is 0 Å². The molecule has 2 rings (SSSR count). The van der Waals surface area contributed by atoms with Crippen LogP contribution < -0.4 is 0 Å². The normalized spacial score (nSPS) is 26.2. The van der Waals surface area contributed by atoms with E-state index in [9.17, 15) is 9.50 Å². The molecule has 94 valence electrons. The standard InChI is InChI=1S/C14H19FO2/c1-8-4-11(5-9(2)13(8)15)14(16)12-6-10(3)17-7-12/h4-5,10,12,14,16H,6-7H2,1-3H3. The van der Waals surface area contributed by atoms with Crippen LogP contribution in [0, 0.1) is 25.6 Å². The molecule has 0 bridgehead atoms. The lowest BCUT2D eigenvalue weighted by atomic mass is 9.91. The second kappa shape index (κ2) is 4.75. The average Bonchev–Trinajstić information content (AvgIpc) is 2.71. The molecule has 1 aliphatic heterocycles. The number of aliphatic hydroxyl groups is 1. The number of halogens is 1. The second-order valence-corrected chi connectivity index (χ2v) is 5.05. The zero-order valence-electron chi connectivity index (χ0n) is 10.5. The van der Waals surface area contributed by atoms with Crippen LogP contribution in [0.1, 0.15) is 36.1 Å². The highest BCUT2D eigenvalue weighted by molar-refractivity contribution is 5.32. The van der Waals surface area contributed by atoms with Crippen molar-refractivity contribution >= 4 is 0 Å². The maximum absolute atomic E-state index is 13.5. The van der Waals surface area contributed by atoms with Crippen LogP contribution in [0.4, 0.5) is 4.39 Å². The third kappa shape index (κ3) is 2.50. The van der Waals surface area contributed by atoms with Crippen molar-refractivity contribution in [2.75, 3.05) is 6.61 Å². The van der Waals surface area contributed by atoms with Crippen molar-refractivity contribution in [1.29, 1.82) is 0 Å². The van der Waals surface area contributed by atoms with Crippen molar-refractivity contribution in [1.82, 2.24) is 0 Å². The van der Waals surface area contributed by atoms with Gasteiger partial charge in [-0.25, -0.2) is 4.39 Å². The van der Waals surface area contributed by atoms with Gasteiger partial charge in [-0.2, -0.15) is 0 Å². The lowest BCUT2D eigenvalue weighted by molar-refractivity contribution is 0.0803. The third-order valence-corrected chi connectivity index (χ3v) is 3.48. The number of benzene rings is 1. The molecule has 1 heterocycles. The molecule has 0 spiro atoms. The molecule has 1 N–H and O–H groups in total. The summed E-state index contributed by atoms with van der Waals surface area (Å²) in [4.78, 5) is 0. The van der Waals surface area contributed by atoms with Crippen LogP contribution in [0.25, 0.3) is 0 Å². The summed E-state index contributed by atoms with van der Waals surface area (Å²) in [6, 6.07) is 3.46. The zero-order chi connectivity index (χ0) is 12.6. The Labute approximate surface area is 101 Å². The Morgan fingerprint density at radius 3 is 2.41 bits per heavy atom. The van der Waals surface area contributed by atoms with E-state index in [0.29, 0.717) is 17.7 Å². The van der Waals surface area contributed by atoms with E-state index in [-0.39, 0.29) is 17.8 Å². The minimum absolute atomic E-state index is 0.120. The molecule has 0 aliphatic carbocycles. The number of aliphatic hydroxyl groups excluding tert-OH is 1. The minimum atomic E-state index is -0.557. The van der Waals surface area contributed by atoms with Gasteiger partial charge in [-0.05, 0) is 43.9 Å². The lowest BCUT2D eigenvalue weighted by Gasteiger charge is -2.18. The monoisotopic (exact) mass is 238 g/mol. The Morgan fingerprint density at radius 1 is 1.35 bits per heavy atom. The number of aryl methyl sites for hydroxylation is 2. The summed E-state index contributed by atoms with van der Waals surface area (Å²) in [6.07, 6.45) is 0.506. The molecule has 3 heteroatoms. The summed E-state index contributed by atoms with van der Waals surface area (Å²) in [5.74, 6) is -0.0637. The zero-order valence-corrected chi connectivity index (χ0v) is 10.5. The molecule has 0 amide bonds. The van der Waals surface area contributed by atoms with Gasteiger partial charge < -0.3 is 9.84 Å². The number of hydrogen-bond donors (Lipinski definition) is 1. The van der Waals surface area contributed by atoms with Gasteiger partial charge in [0.2, 0.25) is 0 Å². The van der Waals surface area contributed by atoms with Crippen LogP contribution >= 0.6 is 0 Å². The molecule has 1 saturated heterocycles. The van der Waals surface area contributed by atoms with Crippen molar-refractivity contribution in [3.63, 3.8) is 0 Å². The predicted octanol–water partition coefficient (Wildman–Crippen LogP) is 2.90. The predicted molar refractivity (Wildman–Crippen MR) is 64.4 cm³/mol. The molecule has 0 radical (unpaired) electrons. The van der Waals surface area contributed by atoms with Crippen molar-refractivity contribution in [2.45, 2.75) is 39.4 Å². The Hall–Kier alpha value is -0.930. The summed E-state index contributed by atoms with van der Waals surface area (Å²) < 4.78 is 19.0. The molecule has 1 fully saturated rings. The summed E-state index contributed by atoms with van der Waals surface area (Å²) in [7, 11) is 0. The molecule has 3 atom stereocenters. The second-order valence-electron chi connectivity index (χ2n) is 5.05. The topological polar surface area (TPSA) is 29.5 Å². The van der Waals surface area contributed by atoms with Gasteiger partial charge in [0.15, 0.2) is 0 Å². The van der Waals surface area contributed by atoms with Crippen molar-refractivity contribution in [2.24, 2.45) is 5.92 Å². The summed E-state index contributed by atoms with van der Waals surface area (Å²) >= 11 is 0. The van der Waals surface area contributed by atoms with E-state index in [4.69, 9.17) is 4.74 Å². The SMILES string of the molecule is Cc1cc(C(O)C2COC(C)C2)cc(C)c1F. The van der Waals surface area contributed by atoms with Gasteiger partial charge in [-0.3, -0.25) is 0 Å². The van der Waals surface area contributed by atoms with Gasteiger partial charge in [-0.1, -0.05) is 12.1 Å². The third-order valence-electron chi connectivity index (χ3n) is 3.48. The van der Waals surface area contributed by atoms with Crippen molar-refractivity contribution in [3.8, 4) is 0 Å². The molecular weight excluding hydrogens is 219 g/mol. The lowest BCUT2D eigenvalue weighted by Crippen LogP contribution is -2.13. The van der Waals surface area contributed by atoms with Crippen LogP contribution in [-0.2, 0) is 4.74 Å². The maximum Gasteiger partial charge on any atom is 0.129 e. The van der Waals surface area contributed by atoms with Gasteiger partial charge in [0.05, 0.1) is 18.8 Å². The summed E-state index contributed by atoms with van der Waals surface area (Å²) in [6.45, 7) is 6.05. The highest BCUT2D eigenvalue weighted by Crippen LogP contribution is 2.32.